The van der Waals surface area contributed by atoms with Crippen LogP contribution in [0.25, 0.3) is 75.1 Å². The van der Waals surface area contributed by atoms with Crippen LogP contribution in [0, 0.1) is 0 Å². The van der Waals surface area contributed by atoms with Gasteiger partial charge in [0.2, 0.25) is 0 Å². The highest BCUT2D eigenvalue weighted by Crippen LogP contribution is 2.54. The molecule has 9 aromatic carbocycles. The van der Waals surface area contributed by atoms with E-state index in [0.29, 0.717) is 0 Å². The van der Waals surface area contributed by atoms with E-state index in [1.165, 1.54) is 69.9 Å². The van der Waals surface area contributed by atoms with Crippen molar-refractivity contribution in [3.05, 3.63) is 187 Å². The first-order chi connectivity index (χ1) is 29.5. The molecule has 0 spiro atoms. The van der Waals surface area contributed by atoms with Crippen LogP contribution in [0.1, 0.15) is 25.0 Å². The third-order valence-corrected chi connectivity index (χ3v) is 14.3. The number of hydrogen-bond donors (Lipinski definition) is 1. The first-order valence-electron chi connectivity index (χ1n) is 20.7. The van der Waals surface area contributed by atoms with Crippen molar-refractivity contribution in [1.29, 1.82) is 0 Å². The van der Waals surface area contributed by atoms with Crippen LogP contribution in [0.2, 0.25) is 0 Å². The lowest BCUT2D eigenvalue weighted by molar-refractivity contribution is 0.633. The highest BCUT2D eigenvalue weighted by atomic mass is 32.1. The molecule has 1 N–H and O–H groups in total. The smallest absolute Gasteiger partial charge is 0.197 e. The van der Waals surface area contributed by atoms with Crippen molar-refractivity contribution in [2.24, 2.45) is 0 Å². The van der Waals surface area contributed by atoms with Crippen LogP contribution in [-0.4, -0.2) is 7.28 Å². The zero-order valence-electron chi connectivity index (χ0n) is 33.1. The van der Waals surface area contributed by atoms with Gasteiger partial charge in [0.25, 0.3) is 0 Å². The Hall–Kier alpha value is -7.08. The molecule has 0 unspecified atom stereocenters. The molecule has 0 saturated heterocycles. The van der Waals surface area contributed by atoms with Gasteiger partial charge in [-0.3, -0.25) is 0 Å². The van der Waals surface area contributed by atoms with E-state index in [4.69, 9.17) is 4.42 Å². The van der Waals surface area contributed by atoms with Crippen molar-refractivity contribution in [2.75, 3.05) is 10.2 Å². The molecule has 1 radical (unpaired) electrons. The van der Waals surface area contributed by atoms with Crippen LogP contribution >= 0.6 is 11.3 Å². The number of benzene rings is 9. The lowest BCUT2D eigenvalue weighted by atomic mass is 9.55. The fraction of sp³-hybridized carbons (Fsp3) is 0.0545. The average molecular weight is 784 g/mol. The number of hydrogen-bond acceptors (Lipinski definition) is 4. The van der Waals surface area contributed by atoms with E-state index in [-0.39, 0.29) is 5.41 Å². The van der Waals surface area contributed by atoms with E-state index in [0.717, 1.165) is 55.7 Å². The quantitative estimate of drug-likeness (QED) is 0.180. The summed E-state index contributed by atoms with van der Waals surface area (Å²) in [6, 6.07) is 64.2. The lowest BCUT2D eigenvalue weighted by Crippen LogP contribution is -2.45. The Bertz CT molecular complexity index is 3600. The van der Waals surface area contributed by atoms with Crippen molar-refractivity contribution in [3.63, 3.8) is 0 Å². The molecule has 13 rings (SSSR count). The Morgan fingerprint density at radius 3 is 2.20 bits per heavy atom. The van der Waals surface area contributed by atoms with Crippen LogP contribution < -0.4 is 21.1 Å². The summed E-state index contributed by atoms with van der Waals surface area (Å²) in [6.07, 6.45) is 0. The van der Waals surface area contributed by atoms with E-state index in [9.17, 15) is 0 Å². The predicted molar refractivity (Wildman–Crippen MR) is 257 cm³/mol. The van der Waals surface area contributed by atoms with E-state index in [1.807, 2.05) is 11.3 Å². The first kappa shape index (κ1) is 33.9. The number of nitrogens with one attached hydrogen (secondary N) is 1. The Morgan fingerprint density at radius 2 is 1.32 bits per heavy atom. The van der Waals surface area contributed by atoms with Gasteiger partial charge in [-0.25, -0.2) is 0 Å². The van der Waals surface area contributed by atoms with Crippen molar-refractivity contribution in [2.45, 2.75) is 19.3 Å². The van der Waals surface area contributed by atoms with Gasteiger partial charge < -0.3 is 14.6 Å². The molecule has 0 fully saturated rings. The first-order valence-corrected chi connectivity index (χ1v) is 21.5. The molecule has 0 bridgehead atoms. The Kier molecular flexibility index (Phi) is 7.03. The number of fused-ring (bicyclic) bond motifs is 11. The molecule has 11 aromatic rings. The average Bonchev–Trinajstić information content (AvgIpc) is 3.86. The standard InChI is InChI=1S/C55H36BN2OS/c1-55(2)40-21-13-22-42-53(40)58(45-30-34-17-7-6-16-33(34)28-41(45)55)46-31-48-50(39-19-8-10-24-47(39)59-48)51(52(46)56-42)38-27-26-35(32-14-4-3-5-15-32)29-44(38)57-43-23-12-20-37-36-18-9-11-25-49(36)60-54(37)43/h3-31,57H,1-2H3. The molecule has 0 aliphatic carbocycles. The van der Waals surface area contributed by atoms with E-state index >= 15 is 0 Å². The Morgan fingerprint density at radius 1 is 0.567 bits per heavy atom. The summed E-state index contributed by atoms with van der Waals surface area (Å²) < 4.78 is 9.43. The van der Waals surface area contributed by atoms with Gasteiger partial charge in [-0.2, -0.15) is 0 Å². The van der Waals surface area contributed by atoms with Gasteiger partial charge in [0.15, 0.2) is 7.28 Å². The number of nitrogens with zero attached hydrogens (tertiary/aromatic N) is 1. The molecule has 2 aliphatic heterocycles. The Balaban J connectivity index is 1.13. The van der Waals surface area contributed by atoms with E-state index in [2.05, 4.69) is 207 Å². The van der Waals surface area contributed by atoms with Gasteiger partial charge in [0, 0.05) is 60.4 Å². The van der Waals surface area contributed by atoms with Crippen LogP contribution in [0.3, 0.4) is 0 Å². The van der Waals surface area contributed by atoms with Crippen LogP contribution in [0.5, 0.6) is 0 Å². The number of thiophene rings is 1. The maximum absolute atomic E-state index is 6.89. The van der Waals surface area contributed by atoms with Gasteiger partial charge in [-0.1, -0.05) is 153 Å². The maximum atomic E-state index is 6.89. The molecule has 281 valence electrons. The van der Waals surface area contributed by atoms with Gasteiger partial charge >= 0.3 is 0 Å². The third kappa shape index (κ3) is 4.78. The van der Waals surface area contributed by atoms with Gasteiger partial charge in [0.05, 0.1) is 16.1 Å². The molecule has 0 amide bonds. The minimum absolute atomic E-state index is 0.211. The van der Waals surface area contributed by atoms with Crippen molar-refractivity contribution in [1.82, 2.24) is 0 Å². The zero-order chi connectivity index (χ0) is 39.7. The topological polar surface area (TPSA) is 28.4 Å². The second-order valence-corrected chi connectivity index (χ2v) is 17.8. The molecule has 0 atom stereocenters. The molecule has 3 nitrogen and oxygen atoms in total. The Labute approximate surface area is 352 Å². The molecule has 0 saturated carbocycles. The molecule has 5 heteroatoms. The SMILES string of the molecule is CC1(C)c2cc3ccccc3cc2N2c3cc4oc5ccccc5c4c(-c4ccc(-c5ccccc5)cc4Nc4cccc5c4sc4ccccc45)c3[B]c3cccc1c32. The van der Waals surface area contributed by atoms with E-state index in [1.54, 1.807) is 0 Å². The predicted octanol–water partition coefficient (Wildman–Crippen LogP) is 14.3. The monoisotopic (exact) mass is 783 g/mol. The highest BCUT2D eigenvalue weighted by Gasteiger charge is 2.42. The summed E-state index contributed by atoms with van der Waals surface area (Å²) in [5, 5.41) is 11.3. The number of rotatable bonds is 4. The summed E-state index contributed by atoms with van der Waals surface area (Å²) in [4.78, 5) is 2.53. The van der Waals surface area contributed by atoms with Crippen LogP contribution in [-0.2, 0) is 5.41 Å². The highest BCUT2D eigenvalue weighted by molar-refractivity contribution is 7.26. The van der Waals surface area contributed by atoms with Crippen LogP contribution in [0.15, 0.2) is 180 Å². The second kappa shape index (κ2) is 12.5. The van der Waals surface area contributed by atoms with Gasteiger partial charge in [-0.05, 0) is 80.5 Å². The van der Waals surface area contributed by atoms with Crippen molar-refractivity contribution < 1.29 is 4.42 Å². The molecule has 2 aromatic heterocycles. The summed E-state index contributed by atoms with van der Waals surface area (Å²) in [5.41, 5.74) is 16.9. The number of furan rings is 1. The lowest BCUT2D eigenvalue weighted by Gasteiger charge is -2.46. The molecular weight excluding hydrogens is 747 g/mol. The molecule has 4 heterocycles. The van der Waals surface area contributed by atoms with Crippen molar-refractivity contribution >= 4 is 111 Å². The fourth-order valence-electron chi connectivity index (χ4n) is 10.2. The summed E-state index contributed by atoms with van der Waals surface area (Å²) in [5.74, 6) is 0. The minimum atomic E-state index is -0.211. The molecule has 2 aliphatic rings. The zero-order valence-corrected chi connectivity index (χ0v) is 33.9. The largest absolute Gasteiger partial charge is 0.456 e. The van der Waals surface area contributed by atoms with Gasteiger partial charge in [0.1, 0.15) is 11.2 Å². The fourth-order valence-corrected chi connectivity index (χ4v) is 11.4. The normalized spacial score (nSPS) is 13.7. The summed E-state index contributed by atoms with van der Waals surface area (Å²) in [6.45, 7) is 4.75. The second-order valence-electron chi connectivity index (χ2n) is 16.8. The number of para-hydroxylation sites is 2. The van der Waals surface area contributed by atoms with Gasteiger partial charge in [-0.15, -0.1) is 11.3 Å². The van der Waals surface area contributed by atoms with Crippen molar-refractivity contribution in [3.8, 4) is 22.3 Å². The minimum Gasteiger partial charge on any atom is -0.456 e. The number of anilines is 5. The summed E-state index contributed by atoms with van der Waals surface area (Å²) in [7, 11) is 2.44. The summed E-state index contributed by atoms with van der Waals surface area (Å²) >= 11 is 1.85. The van der Waals surface area contributed by atoms with E-state index < -0.39 is 0 Å². The molecule has 60 heavy (non-hydrogen) atoms. The maximum Gasteiger partial charge on any atom is 0.197 e. The third-order valence-electron chi connectivity index (χ3n) is 13.0. The van der Waals surface area contributed by atoms with Crippen LogP contribution in [0.4, 0.5) is 28.4 Å². The molecular formula is C55H36BN2OS.